The van der Waals surface area contributed by atoms with E-state index in [0.717, 1.165) is 28.8 Å². The highest BCUT2D eigenvalue weighted by atomic mass is 79.9. The Kier molecular flexibility index (Phi) is 4.78. The third kappa shape index (κ3) is 3.34. The molecule has 0 saturated carbocycles. The van der Waals surface area contributed by atoms with Gasteiger partial charge in [0.25, 0.3) is 0 Å². The lowest BCUT2D eigenvalue weighted by molar-refractivity contribution is 0.297. The summed E-state index contributed by atoms with van der Waals surface area (Å²) in [5, 5.41) is 0. The van der Waals surface area contributed by atoms with E-state index in [1.54, 1.807) is 6.20 Å². The molecule has 0 aliphatic heterocycles. The molecular formula is C13H16BrN3O. The molecule has 0 amide bonds. The van der Waals surface area contributed by atoms with Crippen LogP contribution in [0.5, 0.6) is 5.75 Å². The maximum atomic E-state index is 5.80. The van der Waals surface area contributed by atoms with Crippen LogP contribution in [0, 0.1) is 0 Å². The van der Waals surface area contributed by atoms with Crippen LogP contribution in [0.2, 0.25) is 0 Å². The number of aryl methyl sites for hydroxylation is 1. The van der Waals surface area contributed by atoms with Crippen molar-refractivity contribution in [3.63, 3.8) is 0 Å². The van der Waals surface area contributed by atoms with Crippen molar-refractivity contribution >= 4 is 15.9 Å². The van der Waals surface area contributed by atoms with Crippen molar-refractivity contribution in [1.82, 2.24) is 9.55 Å². The molecule has 0 spiro atoms. The van der Waals surface area contributed by atoms with E-state index in [0.29, 0.717) is 13.2 Å². The average Bonchev–Trinajstić information content (AvgIpc) is 2.89. The second kappa shape index (κ2) is 6.56. The Balaban J connectivity index is 1.86. The number of benzene rings is 1. The second-order valence-corrected chi connectivity index (χ2v) is 4.79. The smallest absolute Gasteiger partial charge is 0.137 e. The molecule has 2 aromatic rings. The predicted molar refractivity (Wildman–Crippen MR) is 74.4 cm³/mol. The Morgan fingerprint density at radius 1 is 1.39 bits per heavy atom. The number of nitrogens with zero attached hydrogens (tertiary/aromatic N) is 2. The molecule has 0 bridgehead atoms. The predicted octanol–water partition coefficient (Wildman–Crippen LogP) is 2.57. The molecule has 0 fully saturated rings. The zero-order chi connectivity index (χ0) is 12.8. The first-order valence-corrected chi connectivity index (χ1v) is 6.66. The Morgan fingerprint density at radius 2 is 2.28 bits per heavy atom. The fourth-order valence-corrected chi connectivity index (χ4v) is 2.24. The largest absolute Gasteiger partial charge is 0.492 e. The number of rotatable bonds is 6. The van der Waals surface area contributed by atoms with Crippen LogP contribution in [0.1, 0.15) is 12.0 Å². The van der Waals surface area contributed by atoms with Crippen LogP contribution in [-0.4, -0.2) is 16.2 Å². The Bertz CT molecular complexity index is 485. The molecule has 1 heterocycles. The lowest BCUT2D eigenvalue weighted by Crippen LogP contribution is -2.06. The van der Waals surface area contributed by atoms with Crippen LogP contribution < -0.4 is 10.5 Å². The number of ether oxygens (including phenoxy) is 1. The molecule has 5 heteroatoms. The lowest BCUT2D eigenvalue weighted by atomic mass is 10.2. The summed E-state index contributed by atoms with van der Waals surface area (Å²) < 4.78 is 8.78. The van der Waals surface area contributed by atoms with E-state index < -0.39 is 0 Å². The summed E-state index contributed by atoms with van der Waals surface area (Å²) >= 11 is 3.48. The van der Waals surface area contributed by atoms with E-state index in [1.165, 1.54) is 0 Å². The van der Waals surface area contributed by atoms with Crippen molar-refractivity contribution in [1.29, 1.82) is 0 Å². The van der Waals surface area contributed by atoms with Gasteiger partial charge in [-0.15, -0.1) is 0 Å². The number of aromatic nitrogens is 2. The molecular weight excluding hydrogens is 294 g/mol. The molecule has 1 aromatic heterocycles. The van der Waals surface area contributed by atoms with Crippen LogP contribution in [0.15, 0.2) is 41.4 Å². The lowest BCUT2D eigenvalue weighted by Gasteiger charge is -2.12. The minimum atomic E-state index is 0.482. The van der Waals surface area contributed by atoms with Crippen molar-refractivity contribution < 1.29 is 4.74 Å². The van der Waals surface area contributed by atoms with E-state index in [1.807, 2.05) is 35.3 Å². The highest BCUT2D eigenvalue weighted by Crippen LogP contribution is 2.28. The summed E-state index contributed by atoms with van der Waals surface area (Å²) in [6.07, 6.45) is 6.47. The van der Waals surface area contributed by atoms with Crippen molar-refractivity contribution in [2.24, 2.45) is 5.73 Å². The molecule has 1 aromatic carbocycles. The van der Waals surface area contributed by atoms with Gasteiger partial charge in [0.05, 0.1) is 17.4 Å². The minimum Gasteiger partial charge on any atom is -0.492 e. The third-order valence-corrected chi connectivity index (χ3v) is 3.26. The van der Waals surface area contributed by atoms with E-state index in [9.17, 15) is 0 Å². The first-order valence-electron chi connectivity index (χ1n) is 5.87. The van der Waals surface area contributed by atoms with Crippen LogP contribution in [0.25, 0.3) is 0 Å². The molecule has 96 valence electrons. The number of hydrogen-bond donors (Lipinski definition) is 1. The van der Waals surface area contributed by atoms with E-state index in [-0.39, 0.29) is 0 Å². The first kappa shape index (κ1) is 13.1. The van der Waals surface area contributed by atoms with E-state index in [4.69, 9.17) is 10.5 Å². The van der Waals surface area contributed by atoms with Gasteiger partial charge in [0, 0.05) is 31.0 Å². The van der Waals surface area contributed by atoms with Gasteiger partial charge < -0.3 is 15.0 Å². The molecule has 0 aliphatic carbocycles. The van der Waals surface area contributed by atoms with Gasteiger partial charge in [0.1, 0.15) is 5.75 Å². The maximum absolute atomic E-state index is 5.80. The van der Waals surface area contributed by atoms with Crippen molar-refractivity contribution in [2.45, 2.75) is 19.5 Å². The molecule has 0 saturated heterocycles. The van der Waals surface area contributed by atoms with Crippen LogP contribution in [0.4, 0.5) is 0 Å². The quantitative estimate of drug-likeness (QED) is 0.834. The topological polar surface area (TPSA) is 53.1 Å². The summed E-state index contributed by atoms with van der Waals surface area (Å²) in [5.41, 5.74) is 6.71. The monoisotopic (exact) mass is 309 g/mol. The van der Waals surface area contributed by atoms with Gasteiger partial charge in [-0.25, -0.2) is 4.98 Å². The number of halogens is 1. The minimum absolute atomic E-state index is 0.482. The van der Waals surface area contributed by atoms with Crippen LogP contribution in [-0.2, 0) is 13.1 Å². The Hall–Kier alpha value is -1.33. The van der Waals surface area contributed by atoms with Gasteiger partial charge in [-0.05, 0) is 28.4 Å². The maximum Gasteiger partial charge on any atom is 0.137 e. The molecule has 0 aliphatic rings. The molecule has 4 nitrogen and oxygen atoms in total. The fraction of sp³-hybridized carbons (Fsp3) is 0.308. The number of imidazole rings is 1. The molecule has 0 radical (unpaired) electrons. The number of nitrogens with two attached hydrogens (primary N) is 1. The highest BCUT2D eigenvalue weighted by molar-refractivity contribution is 9.10. The Labute approximate surface area is 115 Å². The van der Waals surface area contributed by atoms with E-state index >= 15 is 0 Å². The van der Waals surface area contributed by atoms with Gasteiger partial charge >= 0.3 is 0 Å². The van der Waals surface area contributed by atoms with Crippen molar-refractivity contribution in [2.75, 3.05) is 6.61 Å². The summed E-state index contributed by atoms with van der Waals surface area (Å²) in [6, 6.07) is 5.91. The van der Waals surface area contributed by atoms with Crippen LogP contribution >= 0.6 is 15.9 Å². The van der Waals surface area contributed by atoms with Gasteiger partial charge in [-0.2, -0.15) is 0 Å². The summed E-state index contributed by atoms with van der Waals surface area (Å²) in [6.45, 7) is 2.05. The SMILES string of the molecule is NCc1cccc(Br)c1OCCCn1ccnc1. The molecule has 2 rings (SSSR count). The van der Waals surface area contributed by atoms with Crippen molar-refractivity contribution in [3.05, 3.63) is 47.0 Å². The third-order valence-electron chi connectivity index (χ3n) is 2.63. The summed E-state index contributed by atoms with van der Waals surface area (Å²) in [7, 11) is 0. The van der Waals surface area contributed by atoms with Gasteiger partial charge in [0.2, 0.25) is 0 Å². The van der Waals surface area contributed by atoms with E-state index in [2.05, 4.69) is 20.9 Å². The number of para-hydroxylation sites is 1. The summed E-state index contributed by atoms with van der Waals surface area (Å²) in [5.74, 6) is 0.852. The highest BCUT2D eigenvalue weighted by Gasteiger charge is 2.06. The van der Waals surface area contributed by atoms with Gasteiger partial charge in [0.15, 0.2) is 0 Å². The Morgan fingerprint density at radius 3 is 3.00 bits per heavy atom. The fourth-order valence-electron chi connectivity index (χ4n) is 1.72. The second-order valence-electron chi connectivity index (χ2n) is 3.93. The zero-order valence-electron chi connectivity index (χ0n) is 10.1. The van der Waals surface area contributed by atoms with Crippen LogP contribution in [0.3, 0.4) is 0 Å². The first-order chi connectivity index (χ1) is 8.81. The average molecular weight is 310 g/mol. The molecule has 0 unspecified atom stereocenters. The summed E-state index contributed by atoms with van der Waals surface area (Å²) in [4.78, 5) is 4.00. The standard InChI is InChI=1S/C13H16BrN3O/c14-12-4-1-3-11(9-15)13(12)18-8-2-6-17-7-5-16-10-17/h1,3-5,7,10H,2,6,8-9,15H2. The molecule has 18 heavy (non-hydrogen) atoms. The van der Waals surface area contributed by atoms with Crippen molar-refractivity contribution in [3.8, 4) is 5.75 Å². The molecule has 2 N–H and O–H groups in total. The zero-order valence-corrected chi connectivity index (χ0v) is 11.6. The number of hydrogen-bond acceptors (Lipinski definition) is 3. The molecule has 0 atom stereocenters. The van der Waals surface area contributed by atoms with Gasteiger partial charge in [-0.1, -0.05) is 12.1 Å². The normalized spacial score (nSPS) is 10.6. The van der Waals surface area contributed by atoms with Gasteiger partial charge in [-0.3, -0.25) is 0 Å².